The summed E-state index contributed by atoms with van der Waals surface area (Å²) in [5, 5.41) is 7.25. The first-order valence-electron chi connectivity index (χ1n) is 7.83. The molecule has 106 valence electrons. The van der Waals surface area contributed by atoms with Crippen LogP contribution in [-0.2, 0) is 0 Å². The normalized spacial score (nSPS) is 16.8. The van der Waals surface area contributed by atoms with E-state index >= 15 is 0 Å². The average molecular weight is 260 g/mol. The molecule has 0 aromatic heterocycles. The molecule has 0 radical (unpaired) electrons. The van der Waals surface area contributed by atoms with Gasteiger partial charge in [0.2, 0.25) is 0 Å². The van der Waals surface area contributed by atoms with Crippen LogP contribution >= 0.6 is 0 Å². The molecule has 0 amide bonds. The van der Waals surface area contributed by atoms with Crippen molar-refractivity contribution in [3.05, 3.63) is 29.8 Å². The van der Waals surface area contributed by atoms with E-state index in [2.05, 4.69) is 48.7 Å². The van der Waals surface area contributed by atoms with Gasteiger partial charge >= 0.3 is 0 Å². The van der Waals surface area contributed by atoms with Gasteiger partial charge in [0.05, 0.1) is 0 Å². The Kier molecular flexibility index (Phi) is 5.71. The molecule has 0 spiro atoms. The van der Waals surface area contributed by atoms with Crippen molar-refractivity contribution in [1.82, 2.24) is 5.32 Å². The minimum absolute atomic E-state index is 0.579. The Labute approximate surface area is 118 Å². The highest BCUT2D eigenvalue weighted by Gasteiger charge is 2.11. The second-order valence-corrected chi connectivity index (χ2v) is 5.96. The molecule has 0 heterocycles. The fourth-order valence-corrected chi connectivity index (χ4v) is 2.94. The number of anilines is 1. The molecule has 1 saturated carbocycles. The van der Waals surface area contributed by atoms with E-state index in [1.54, 1.807) is 0 Å². The molecular formula is C17H28N2. The summed E-state index contributed by atoms with van der Waals surface area (Å²) in [5.41, 5.74) is 2.71. The summed E-state index contributed by atoms with van der Waals surface area (Å²) < 4.78 is 0. The molecule has 1 aliphatic carbocycles. The predicted molar refractivity (Wildman–Crippen MR) is 83.9 cm³/mol. The molecule has 2 N–H and O–H groups in total. The Hall–Kier alpha value is -1.02. The molecule has 2 heteroatoms. The van der Waals surface area contributed by atoms with Crippen molar-refractivity contribution in [2.75, 3.05) is 18.4 Å². The van der Waals surface area contributed by atoms with Gasteiger partial charge in [0.25, 0.3) is 0 Å². The molecule has 1 aromatic carbocycles. The number of hydrogen-bond acceptors (Lipinski definition) is 2. The van der Waals surface area contributed by atoms with Gasteiger partial charge in [-0.25, -0.2) is 0 Å². The lowest BCUT2D eigenvalue weighted by molar-refractivity contribution is 0.378. The summed E-state index contributed by atoms with van der Waals surface area (Å²) in [6.07, 6.45) is 6.96. The van der Waals surface area contributed by atoms with Crippen LogP contribution in [0.1, 0.15) is 57.4 Å². The molecule has 19 heavy (non-hydrogen) atoms. The highest BCUT2D eigenvalue weighted by atomic mass is 15.0. The molecule has 0 atom stereocenters. The molecule has 0 saturated heterocycles. The second kappa shape index (κ2) is 7.54. The van der Waals surface area contributed by atoms with Crippen molar-refractivity contribution in [1.29, 1.82) is 0 Å². The number of rotatable bonds is 6. The molecule has 1 aliphatic rings. The Morgan fingerprint density at radius 2 is 1.79 bits per heavy atom. The van der Waals surface area contributed by atoms with Gasteiger partial charge in [0.15, 0.2) is 0 Å². The Morgan fingerprint density at radius 1 is 1.05 bits per heavy atom. The second-order valence-electron chi connectivity index (χ2n) is 5.96. The monoisotopic (exact) mass is 260 g/mol. The van der Waals surface area contributed by atoms with Crippen molar-refractivity contribution < 1.29 is 0 Å². The van der Waals surface area contributed by atoms with Crippen LogP contribution in [0.15, 0.2) is 24.3 Å². The summed E-state index contributed by atoms with van der Waals surface area (Å²) >= 11 is 0. The lowest BCUT2D eigenvalue weighted by Gasteiger charge is -2.23. The highest BCUT2D eigenvalue weighted by Crippen LogP contribution is 2.23. The summed E-state index contributed by atoms with van der Waals surface area (Å²) in [4.78, 5) is 0. The number of hydrogen-bond donors (Lipinski definition) is 2. The standard InChI is InChI=1S/C17H28N2/c1-14(2)16-10-6-7-11-17(16)19-13-12-18-15-8-4-3-5-9-15/h6-7,10-11,14-15,18-19H,3-5,8-9,12-13H2,1-2H3. The van der Waals surface area contributed by atoms with Crippen molar-refractivity contribution >= 4 is 5.69 Å². The first-order valence-corrected chi connectivity index (χ1v) is 7.83. The van der Waals surface area contributed by atoms with Crippen molar-refractivity contribution in [2.24, 2.45) is 0 Å². The summed E-state index contributed by atoms with van der Waals surface area (Å²) in [6.45, 7) is 6.58. The number of nitrogens with one attached hydrogen (secondary N) is 2. The first kappa shape index (κ1) is 14.4. The third-order valence-electron chi connectivity index (χ3n) is 4.06. The van der Waals surface area contributed by atoms with Gasteiger partial charge in [0.1, 0.15) is 0 Å². The van der Waals surface area contributed by atoms with E-state index in [-0.39, 0.29) is 0 Å². The molecular weight excluding hydrogens is 232 g/mol. The van der Waals surface area contributed by atoms with Gasteiger partial charge in [-0.05, 0) is 30.4 Å². The maximum atomic E-state index is 3.68. The molecule has 2 nitrogen and oxygen atoms in total. The van der Waals surface area contributed by atoms with Crippen LogP contribution in [0.2, 0.25) is 0 Å². The van der Waals surface area contributed by atoms with Gasteiger partial charge in [0, 0.05) is 24.8 Å². The van der Waals surface area contributed by atoms with Gasteiger partial charge in [-0.1, -0.05) is 51.3 Å². The zero-order valence-corrected chi connectivity index (χ0v) is 12.4. The minimum atomic E-state index is 0.579. The molecule has 0 unspecified atom stereocenters. The smallest absolute Gasteiger partial charge is 0.0375 e. The van der Waals surface area contributed by atoms with Crippen molar-refractivity contribution in [3.63, 3.8) is 0 Å². The average Bonchev–Trinajstić information content (AvgIpc) is 2.45. The third kappa shape index (κ3) is 4.54. The summed E-state index contributed by atoms with van der Waals surface area (Å²) in [6, 6.07) is 9.41. The van der Waals surface area contributed by atoms with Crippen LogP contribution in [0.3, 0.4) is 0 Å². The van der Waals surface area contributed by atoms with Gasteiger partial charge in [-0.2, -0.15) is 0 Å². The highest BCUT2D eigenvalue weighted by molar-refractivity contribution is 5.52. The predicted octanol–water partition coefficient (Wildman–Crippen LogP) is 4.14. The van der Waals surface area contributed by atoms with E-state index in [1.807, 2.05) is 0 Å². The number of para-hydroxylation sites is 1. The van der Waals surface area contributed by atoms with Gasteiger partial charge < -0.3 is 10.6 Å². The minimum Gasteiger partial charge on any atom is -0.384 e. The van der Waals surface area contributed by atoms with E-state index < -0.39 is 0 Å². The van der Waals surface area contributed by atoms with Crippen LogP contribution in [-0.4, -0.2) is 19.1 Å². The third-order valence-corrected chi connectivity index (χ3v) is 4.06. The van der Waals surface area contributed by atoms with E-state index in [4.69, 9.17) is 0 Å². The topological polar surface area (TPSA) is 24.1 Å². The molecule has 1 fully saturated rings. The zero-order chi connectivity index (χ0) is 13.5. The fraction of sp³-hybridized carbons (Fsp3) is 0.647. The van der Waals surface area contributed by atoms with E-state index in [1.165, 1.54) is 43.4 Å². The van der Waals surface area contributed by atoms with Crippen LogP contribution in [0.25, 0.3) is 0 Å². The van der Waals surface area contributed by atoms with Crippen LogP contribution < -0.4 is 10.6 Å². The molecule has 0 aliphatic heterocycles. The van der Waals surface area contributed by atoms with Crippen LogP contribution in [0.4, 0.5) is 5.69 Å². The first-order chi connectivity index (χ1) is 9.27. The zero-order valence-electron chi connectivity index (χ0n) is 12.4. The van der Waals surface area contributed by atoms with E-state index in [9.17, 15) is 0 Å². The summed E-state index contributed by atoms with van der Waals surface area (Å²) in [7, 11) is 0. The van der Waals surface area contributed by atoms with Gasteiger partial charge in [-0.3, -0.25) is 0 Å². The molecule has 2 rings (SSSR count). The molecule has 0 bridgehead atoms. The number of benzene rings is 1. The Balaban J connectivity index is 1.73. The van der Waals surface area contributed by atoms with E-state index in [0.29, 0.717) is 5.92 Å². The fourth-order valence-electron chi connectivity index (χ4n) is 2.94. The van der Waals surface area contributed by atoms with Gasteiger partial charge in [-0.15, -0.1) is 0 Å². The lowest BCUT2D eigenvalue weighted by atomic mass is 9.95. The van der Waals surface area contributed by atoms with Crippen molar-refractivity contribution in [3.8, 4) is 0 Å². The van der Waals surface area contributed by atoms with Crippen LogP contribution in [0.5, 0.6) is 0 Å². The van der Waals surface area contributed by atoms with Crippen molar-refractivity contribution in [2.45, 2.75) is 57.9 Å². The largest absolute Gasteiger partial charge is 0.384 e. The SMILES string of the molecule is CC(C)c1ccccc1NCCNC1CCCCC1. The Bertz CT molecular complexity index is 367. The summed E-state index contributed by atoms with van der Waals surface area (Å²) in [5.74, 6) is 0.579. The quantitative estimate of drug-likeness (QED) is 0.751. The molecule has 1 aromatic rings. The maximum Gasteiger partial charge on any atom is 0.0375 e. The van der Waals surface area contributed by atoms with Crippen LogP contribution in [0, 0.1) is 0 Å². The maximum absolute atomic E-state index is 3.68. The van der Waals surface area contributed by atoms with E-state index in [0.717, 1.165) is 19.1 Å². The lowest BCUT2D eigenvalue weighted by Crippen LogP contribution is -2.34. The Morgan fingerprint density at radius 3 is 2.53 bits per heavy atom.